The molecule has 1 aromatic heterocycles. The fraction of sp³-hybridized carbons (Fsp3) is 0.350. The van der Waals surface area contributed by atoms with E-state index in [0.29, 0.717) is 12.2 Å². The minimum absolute atomic E-state index is 0.159. The van der Waals surface area contributed by atoms with Crippen molar-refractivity contribution in [3.8, 4) is 5.75 Å². The lowest BCUT2D eigenvalue weighted by Crippen LogP contribution is -2.27. The molecule has 144 valence electrons. The molecule has 0 amide bonds. The summed E-state index contributed by atoms with van der Waals surface area (Å²) >= 11 is 0. The minimum atomic E-state index is -3.66. The van der Waals surface area contributed by atoms with Gasteiger partial charge in [-0.3, -0.25) is 0 Å². The van der Waals surface area contributed by atoms with Gasteiger partial charge in [0.25, 0.3) is 0 Å². The molecule has 0 bridgehead atoms. The van der Waals surface area contributed by atoms with Crippen LogP contribution >= 0.6 is 0 Å². The molecular weight excluding hydrogens is 362 g/mol. The second-order valence-electron chi connectivity index (χ2n) is 6.47. The number of imidazole rings is 1. The number of hydrogen-bond acceptors (Lipinski definition) is 4. The molecule has 6 nitrogen and oxygen atoms in total. The molecule has 0 saturated carbocycles. The van der Waals surface area contributed by atoms with Gasteiger partial charge in [0.15, 0.2) is 0 Å². The summed E-state index contributed by atoms with van der Waals surface area (Å²) in [6.07, 6.45) is 1.50. The molecule has 0 aliphatic heterocycles. The molecule has 0 fully saturated rings. The second-order valence-corrected chi connectivity index (χ2v) is 8.21. The van der Waals surface area contributed by atoms with Gasteiger partial charge in [-0.25, -0.2) is 18.1 Å². The predicted molar refractivity (Wildman–Crippen MR) is 107 cm³/mol. The monoisotopic (exact) mass is 387 g/mol. The largest absolute Gasteiger partial charge is 0.495 e. The highest BCUT2D eigenvalue weighted by Gasteiger charge is 2.20. The van der Waals surface area contributed by atoms with Crippen LogP contribution in [0.3, 0.4) is 0 Å². The van der Waals surface area contributed by atoms with E-state index in [9.17, 15) is 8.42 Å². The second kappa shape index (κ2) is 8.10. The van der Waals surface area contributed by atoms with Gasteiger partial charge in [0.05, 0.1) is 18.1 Å². The summed E-state index contributed by atoms with van der Waals surface area (Å²) in [6.45, 7) is 5.09. The number of hydrogen-bond donors (Lipinski definition) is 1. The number of sulfonamides is 1. The lowest BCUT2D eigenvalue weighted by molar-refractivity contribution is 0.402. The number of ether oxygens (including phenoxy) is 1. The molecule has 0 unspecified atom stereocenters. The van der Waals surface area contributed by atoms with E-state index >= 15 is 0 Å². The maximum Gasteiger partial charge on any atom is 0.244 e. The highest BCUT2D eigenvalue weighted by atomic mass is 32.2. The van der Waals surface area contributed by atoms with E-state index in [-0.39, 0.29) is 11.4 Å². The Labute approximate surface area is 160 Å². The molecule has 0 aliphatic carbocycles. The zero-order chi connectivity index (χ0) is 19.4. The van der Waals surface area contributed by atoms with Crippen molar-refractivity contribution in [2.75, 3.05) is 13.7 Å². The maximum atomic E-state index is 12.7. The molecule has 1 heterocycles. The zero-order valence-electron chi connectivity index (χ0n) is 15.9. The van der Waals surface area contributed by atoms with Crippen LogP contribution in [0.4, 0.5) is 0 Å². The molecule has 0 atom stereocenters. The third-order valence-corrected chi connectivity index (χ3v) is 5.91. The number of rotatable bonds is 8. The lowest BCUT2D eigenvalue weighted by atomic mass is 10.2. The van der Waals surface area contributed by atoms with E-state index < -0.39 is 10.0 Å². The first-order valence-corrected chi connectivity index (χ1v) is 10.5. The van der Waals surface area contributed by atoms with Gasteiger partial charge in [-0.2, -0.15) is 0 Å². The number of nitrogens with one attached hydrogen (secondary N) is 1. The van der Waals surface area contributed by atoms with Crippen LogP contribution in [0.1, 0.15) is 24.7 Å². The predicted octanol–water partition coefficient (Wildman–Crippen LogP) is 3.28. The normalized spacial score (nSPS) is 11.8. The summed E-state index contributed by atoms with van der Waals surface area (Å²) in [5.74, 6) is 1.23. The number of fused-ring (bicyclic) bond motifs is 1. The van der Waals surface area contributed by atoms with Gasteiger partial charge in [-0.05, 0) is 43.2 Å². The van der Waals surface area contributed by atoms with Crippen LogP contribution < -0.4 is 9.46 Å². The van der Waals surface area contributed by atoms with Crippen LogP contribution in [0.5, 0.6) is 5.75 Å². The first kappa shape index (κ1) is 19.4. The first-order valence-electron chi connectivity index (χ1n) is 9.04. The van der Waals surface area contributed by atoms with Gasteiger partial charge in [-0.1, -0.05) is 25.1 Å². The molecular formula is C20H25N3O3S. The summed E-state index contributed by atoms with van der Waals surface area (Å²) in [7, 11) is -2.19. The van der Waals surface area contributed by atoms with Gasteiger partial charge in [0.1, 0.15) is 16.5 Å². The quantitative estimate of drug-likeness (QED) is 0.644. The Bertz CT molecular complexity index is 1040. The van der Waals surface area contributed by atoms with Crippen molar-refractivity contribution in [3.05, 3.63) is 53.9 Å². The van der Waals surface area contributed by atoms with E-state index in [1.807, 2.05) is 37.3 Å². The van der Waals surface area contributed by atoms with E-state index in [4.69, 9.17) is 4.74 Å². The van der Waals surface area contributed by atoms with Crippen LogP contribution in [-0.2, 0) is 23.0 Å². The Morgan fingerprint density at radius 2 is 1.96 bits per heavy atom. The SMILES string of the molecule is CCCn1c(CCNS(=O)(=O)c2cc(C)ccc2OC)nc2ccccc21. The Kier molecular flexibility index (Phi) is 5.82. The van der Waals surface area contributed by atoms with E-state index in [1.54, 1.807) is 12.1 Å². The Morgan fingerprint density at radius 1 is 1.19 bits per heavy atom. The molecule has 0 spiro atoms. The third-order valence-electron chi connectivity index (χ3n) is 4.43. The molecule has 27 heavy (non-hydrogen) atoms. The number of aromatic nitrogens is 2. The van der Waals surface area contributed by atoms with E-state index in [1.165, 1.54) is 7.11 Å². The molecule has 3 aromatic rings. The minimum Gasteiger partial charge on any atom is -0.495 e. The van der Waals surface area contributed by atoms with Gasteiger partial charge in [-0.15, -0.1) is 0 Å². The Hall–Kier alpha value is -2.38. The molecule has 0 saturated heterocycles. The van der Waals surface area contributed by atoms with Crippen molar-refractivity contribution in [1.82, 2.24) is 14.3 Å². The summed E-state index contributed by atoms with van der Waals surface area (Å²) in [5, 5.41) is 0. The van der Waals surface area contributed by atoms with Gasteiger partial charge in [0.2, 0.25) is 10.0 Å². The molecule has 3 rings (SSSR count). The number of para-hydroxylation sites is 2. The fourth-order valence-corrected chi connectivity index (χ4v) is 4.44. The number of aryl methyl sites for hydroxylation is 2. The smallest absolute Gasteiger partial charge is 0.244 e. The van der Waals surface area contributed by atoms with Crippen LogP contribution in [0.15, 0.2) is 47.4 Å². The van der Waals surface area contributed by atoms with Gasteiger partial charge < -0.3 is 9.30 Å². The van der Waals surface area contributed by atoms with Crippen molar-refractivity contribution in [3.63, 3.8) is 0 Å². The van der Waals surface area contributed by atoms with Crippen LogP contribution in [0, 0.1) is 6.92 Å². The Balaban J connectivity index is 1.79. The zero-order valence-corrected chi connectivity index (χ0v) is 16.7. The Morgan fingerprint density at radius 3 is 2.70 bits per heavy atom. The van der Waals surface area contributed by atoms with Crippen LogP contribution in [0.2, 0.25) is 0 Å². The molecule has 2 aromatic carbocycles. The fourth-order valence-electron chi connectivity index (χ4n) is 3.16. The van der Waals surface area contributed by atoms with Crippen molar-refractivity contribution >= 4 is 21.1 Å². The molecule has 0 aliphatic rings. The molecule has 7 heteroatoms. The summed E-state index contributed by atoms with van der Waals surface area (Å²) < 4.78 is 35.5. The van der Waals surface area contributed by atoms with E-state index in [2.05, 4.69) is 21.2 Å². The van der Waals surface area contributed by atoms with Crippen LogP contribution in [-0.4, -0.2) is 31.6 Å². The van der Waals surface area contributed by atoms with E-state index in [0.717, 1.165) is 35.4 Å². The van der Waals surface area contributed by atoms with Crippen LogP contribution in [0.25, 0.3) is 11.0 Å². The number of benzene rings is 2. The summed E-state index contributed by atoms with van der Waals surface area (Å²) in [4.78, 5) is 4.83. The van der Waals surface area contributed by atoms with Gasteiger partial charge >= 0.3 is 0 Å². The molecule has 1 N–H and O–H groups in total. The topological polar surface area (TPSA) is 73.2 Å². The number of nitrogens with zero attached hydrogens (tertiary/aromatic N) is 2. The maximum absolute atomic E-state index is 12.7. The van der Waals surface area contributed by atoms with Crippen molar-refractivity contribution in [2.45, 2.75) is 38.1 Å². The summed E-state index contributed by atoms with van der Waals surface area (Å²) in [6, 6.07) is 13.1. The average Bonchev–Trinajstić information content (AvgIpc) is 2.99. The highest BCUT2D eigenvalue weighted by Crippen LogP contribution is 2.24. The van der Waals surface area contributed by atoms with Crippen molar-refractivity contribution in [2.24, 2.45) is 0 Å². The highest BCUT2D eigenvalue weighted by molar-refractivity contribution is 7.89. The van der Waals surface area contributed by atoms with Gasteiger partial charge in [0, 0.05) is 19.5 Å². The number of methoxy groups -OCH3 is 1. The lowest BCUT2D eigenvalue weighted by Gasteiger charge is -2.12. The molecule has 0 radical (unpaired) electrons. The average molecular weight is 388 g/mol. The van der Waals surface area contributed by atoms with Crippen molar-refractivity contribution in [1.29, 1.82) is 0 Å². The third kappa shape index (κ3) is 4.14. The summed E-state index contributed by atoms with van der Waals surface area (Å²) in [5.41, 5.74) is 2.88. The first-order chi connectivity index (χ1) is 13.0. The van der Waals surface area contributed by atoms with Crippen molar-refractivity contribution < 1.29 is 13.2 Å². The standard InChI is InChI=1S/C20H25N3O3S/c1-4-13-23-17-8-6-5-7-16(17)22-20(23)11-12-21-27(24,25)19-14-15(2)9-10-18(19)26-3/h5-10,14,21H,4,11-13H2,1-3H3.